The van der Waals surface area contributed by atoms with Gasteiger partial charge in [0.1, 0.15) is 11.4 Å². The molecule has 2 heterocycles. The number of aliphatic imine (C=N–C) groups is 3. The van der Waals surface area contributed by atoms with Gasteiger partial charge in [-0.25, -0.2) is 9.97 Å². The van der Waals surface area contributed by atoms with Gasteiger partial charge >= 0.3 is 0 Å². The molecule has 0 amide bonds. The number of nitrogens with zero attached hydrogens (tertiary/aromatic N) is 8. The van der Waals surface area contributed by atoms with Crippen LogP contribution in [0, 0.1) is 0 Å². The van der Waals surface area contributed by atoms with Crippen molar-refractivity contribution < 1.29 is 14.3 Å². The number of methoxy groups -OCH3 is 1. The second-order valence-electron chi connectivity index (χ2n) is 9.33. The summed E-state index contributed by atoms with van der Waals surface area (Å²) in [5.74, 6) is 2.91. The van der Waals surface area contributed by atoms with Crippen molar-refractivity contribution in [3.05, 3.63) is 36.0 Å². The monoisotopic (exact) mass is 548 g/mol. The molecule has 1 fully saturated rings. The maximum absolute atomic E-state index is 11.1. The van der Waals surface area contributed by atoms with E-state index in [2.05, 4.69) is 50.0 Å². The first-order valence-electron chi connectivity index (χ1n) is 13.4. The maximum atomic E-state index is 11.1. The number of likely N-dealkylation sites (N-methyl/N-ethyl adjacent to an activating group) is 1. The predicted molar refractivity (Wildman–Crippen MR) is 163 cm³/mol. The Morgan fingerprint density at radius 1 is 1.15 bits per heavy atom. The van der Waals surface area contributed by atoms with Crippen LogP contribution in [-0.2, 0) is 9.53 Å². The number of benzene rings is 1. The Hall–Kier alpha value is -3.96. The van der Waals surface area contributed by atoms with Crippen LogP contribution in [0.1, 0.15) is 19.8 Å². The van der Waals surface area contributed by atoms with Gasteiger partial charge in [-0.2, -0.15) is 0 Å². The number of unbranched alkanes of at least 4 members (excludes halogenated alkanes) is 1. The average Bonchev–Trinajstić information content (AvgIpc) is 3.00. The zero-order valence-corrected chi connectivity index (χ0v) is 23.8. The van der Waals surface area contributed by atoms with E-state index in [4.69, 9.17) is 19.4 Å². The average molecular weight is 549 g/mol. The van der Waals surface area contributed by atoms with E-state index in [1.54, 1.807) is 7.11 Å². The molecule has 0 bridgehead atoms. The standard InChI is InChI=1S/C29H40N8O3/c1-6-7-12-36(14-13-35(4)22-32-20-23(21-38)19-30-2)28-26(31-3)29(37-15-17-40-18-16-37)34-27(33-28)24-8-10-25(39-5)11-9-24/h8-11,19-21H,2-3,6-7,12-18,22H2,1,4-5H3/b23-19+,32-20?. The molecule has 11 heteroatoms. The molecule has 1 aromatic heterocycles. The molecular weight excluding hydrogens is 508 g/mol. The fraction of sp³-hybridized carbons (Fsp3) is 0.448. The number of carbonyl (C=O) groups excluding carboxylic acids is 1. The normalized spacial score (nSPS) is 14.0. The van der Waals surface area contributed by atoms with Crippen LogP contribution in [0.25, 0.3) is 11.4 Å². The van der Waals surface area contributed by atoms with Crippen LogP contribution >= 0.6 is 0 Å². The Bertz CT molecular complexity index is 1180. The zero-order valence-electron chi connectivity index (χ0n) is 23.8. The highest BCUT2D eigenvalue weighted by Gasteiger charge is 2.24. The maximum Gasteiger partial charge on any atom is 0.164 e. The molecule has 1 aliphatic heterocycles. The molecule has 40 heavy (non-hydrogen) atoms. The number of carbonyl (C=O) groups is 1. The highest BCUT2D eigenvalue weighted by Crippen LogP contribution is 2.38. The lowest BCUT2D eigenvalue weighted by molar-refractivity contribution is -0.104. The summed E-state index contributed by atoms with van der Waals surface area (Å²) < 4.78 is 10.9. The minimum Gasteiger partial charge on any atom is -0.497 e. The molecule has 0 N–H and O–H groups in total. The van der Waals surface area contributed by atoms with Gasteiger partial charge in [-0.15, -0.1) is 0 Å². The quantitative estimate of drug-likeness (QED) is 0.178. The molecule has 1 aromatic carbocycles. The number of hydrogen-bond acceptors (Lipinski definition) is 11. The molecule has 1 saturated heterocycles. The number of morpholine rings is 1. The van der Waals surface area contributed by atoms with Crippen molar-refractivity contribution in [1.82, 2.24) is 14.9 Å². The summed E-state index contributed by atoms with van der Waals surface area (Å²) >= 11 is 0. The summed E-state index contributed by atoms with van der Waals surface area (Å²) in [6, 6.07) is 7.75. The van der Waals surface area contributed by atoms with Crippen molar-refractivity contribution >= 4 is 43.3 Å². The molecule has 2 aromatic rings. The highest BCUT2D eigenvalue weighted by atomic mass is 16.5. The largest absolute Gasteiger partial charge is 0.497 e. The van der Waals surface area contributed by atoms with E-state index in [-0.39, 0.29) is 0 Å². The van der Waals surface area contributed by atoms with E-state index >= 15 is 0 Å². The number of ether oxygens (including phenoxy) is 2. The van der Waals surface area contributed by atoms with Crippen LogP contribution in [-0.4, -0.2) is 108 Å². The van der Waals surface area contributed by atoms with Gasteiger partial charge in [0.15, 0.2) is 23.7 Å². The van der Waals surface area contributed by atoms with Crippen molar-refractivity contribution in [3.8, 4) is 17.1 Å². The van der Waals surface area contributed by atoms with Crippen LogP contribution < -0.4 is 14.5 Å². The van der Waals surface area contributed by atoms with Gasteiger partial charge in [0.2, 0.25) is 0 Å². The third-order valence-corrected chi connectivity index (χ3v) is 6.44. The second kappa shape index (κ2) is 16.2. The molecule has 214 valence electrons. The summed E-state index contributed by atoms with van der Waals surface area (Å²) in [5, 5.41) is 0. The van der Waals surface area contributed by atoms with Crippen LogP contribution in [0.5, 0.6) is 5.75 Å². The van der Waals surface area contributed by atoms with Gasteiger partial charge in [0, 0.05) is 50.7 Å². The molecule has 3 rings (SSSR count). The predicted octanol–water partition coefficient (Wildman–Crippen LogP) is 3.67. The third kappa shape index (κ3) is 8.52. The van der Waals surface area contributed by atoms with E-state index in [1.807, 2.05) is 31.3 Å². The number of rotatable bonds is 16. The topological polar surface area (TPSA) is 108 Å². The first-order valence-corrected chi connectivity index (χ1v) is 13.4. The Morgan fingerprint density at radius 3 is 2.52 bits per heavy atom. The fourth-order valence-corrected chi connectivity index (χ4v) is 4.18. The molecule has 0 saturated carbocycles. The molecule has 0 unspecified atom stereocenters. The van der Waals surface area contributed by atoms with Gasteiger partial charge in [-0.1, -0.05) is 13.3 Å². The molecule has 0 atom stereocenters. The molecular formula is C29H40N8O3. The SMILES string of the molecule is C=N/C=C(/C=O)C=NCN(C)CCN(CCCC)c1nc(-c2ccc(OC)cc2)nc(N2CCOCC2)c1N=C. The third-order valence-electron chi connectivity index (χ3n) is 6.44. The van der Waals surface area contributed by atoms with Gasteiger partial charge in [0.25, 0.3) is 0 Å². The van der Waals surface area contributed by atoms with E-state index in [9.17, 15) is 4.79 Å². The van der Waals surface area contributed by atoms with E-state index in [0.29, 0.717) is 56.3 Å². The Balaban J connectivity index is 1.95. The first-order chi connectivity index (χ1) is 19.5. The van der Waals surface area contributed by atoms with Crippen molar-refractivity contribution in [3.63, 3.8) is 0 Å². The van der Waals surface area contributed by atoms with E-state index in [1.165, 1.54) is 12.4 Å². The molecule has 0 aliphatic carbocycles. The first kappa shape index (κ1) is 30.6. The number of allylic oxidation sites excluding steroid dienone is 1. The molecule has 0 spiro atoms. The van der Waals surface area contributed by atoms with Crippen molar-refractivity contribution in [2.45, 2.75) is 19.8 Å². The Labute approximate surface area is 237 Å². The number of aromatic nitrogens is 2. The van der Waals surface area contributed by atoms with Crippen LogP contribution in [0.3, 0.4) is 0 Å². The molecule has 0 radical (unpaired) electrons. The second-order valence-corrected chi connectivity index (χ2v) is 9.33. The van der Waals surface area contributed by atoms with Crippen molar-refractivity contribution in [2.75, 3.05) is 76.6 Å². The summed E-state index contributed by atoms with van der Waals surface area (Å²) in [5.41, 5.74) is 1.94. The smallest absolute Gasteiger partial charge is 0.164 e. The van der Waals surface area contributed by atoms with Crippen LogP contribution in [0.15, 0.2) is 51.0 Å². The summed E-state index contributed by atoms with van der Waals surface area (Å²) in [7, 11) is 3.63. The zero-order chi connectivity index (χ0) is 28.7. The van der Waals surface area contributed by atoms with Gasteiger partial charge in [-0.3, -0.25) is 24.7 Å². The Morgan fingerprint density at radius 2 is 1.90 bits per heavy atom. The lowest BCUT2D eigenvalue weighted by Gasteiger charge is -2.32. The lowest BCUT2D eigenvalue weighted by Crippen LogP contribution is -2.38. The minimum absolute atomic E-state index is 0.373. The van der Waals surface area contributed by atoms with Crippen molar-refractivity contribution in [2.24, 2.45) is 15.0 Å². The van der Waals surface area contributed by atoms with Gasteiger partial charge in [-0.05, 0) is 51.2 Å². The summed E-state index contributed by atoms with van der Waals surface area (Å²) in [6.45, 7) is 14.8. The fourth-order valence-electron chi connectivity index (χ4n) is 4.18. The molecule has 1 aliphatic rings. The van der Waals surface area contributed by atoms with Crippen LogP contribution in [0.2, 0.25) is 0 Å². The van der Waals surface area contributed by atoms with Crippen LogP contribution in [0.4, 0.5) is 17.3 Å². The summed E-state index contributed by atoms with van der Waals surface area (Å²) in [6.07, 6.45) is 5.63. The number of anilines is 2. The Kier molecular flexibility index (Phi) is 12.4. The van der Waals surface area contributed by atoms with E-state index < -0.39 is 0 Å². The van der Waals surface area contributed by atoms with Crippen molar-refractivity contribution in [1.29, 1.82) is 0 Å². The highest BCUT2D eigenvalue weighted by molar-refractivity contribution is 6.01. The molecule has 11 nitrogen and oxygen atoms in total. The van der Waals surface area contributed by atoms with E-state index in [0.717, 1.165) is 55.4 Å². The number of hydrogen-bond donors (Lipinski definition) is 0. The summed E-state index contributed by atoms with van der Waals surface area (Å²) in [4.78, 5) is 40.1. The van der Waals surface area contributed by atoms with Gasteiger partial charge in [0.05, 0.1) is 32.6 Å². The lowest BCUT2D eigenvalue weighted by atomic mass is 10.2. The minimum atomic E-state index is 0.373. The number of aldehydes is 1. The van der Waals surface area contributed by atoms with Gasteiger partial charge < -0.3 is 19.3 Å².